The van der Waals surface area contributed by atoms with Crippen LogP contribution in [0.1, 0.15) is 19.8 Å². The fourth-order valence-corrected chi connectivity index (χ4v) is 2.21. The number of hydrogen-bond acceptors (Lipinski definition) is 4. The van der Waals surface area contributed by atoms with Crippen LogP contribution in [-0.2, 0) is 14.3 Å². The molecule has 0 bridgehead atoms. The number of ether oxygens (including phenoxy) is 2. The van der Waals surface area contributed by atoms with E-state index in [1.165, 1.54) is 0 Å². The van der Waals surface area contributed by atoms with Crippen LogP contribution in [0.5, 0.6) is 0 Å². The van der Waals surface area contributed by atoms with E-state index in [2.05, 4.69) is 10.6 Å². The number of hydrogen-bond donors (Lipinski definition) is 2. The van der Waals surface area contributed by atoms with Crippen LogP contribution in [-0.4, -0.2) is 51.0 Å². The van der Waals surface area contributed by atoms with Gasteiger partial charge in [-0.15, -0.1) is 12.4 Å². The van der Waals surface area contributed by atoms with Crippen molar-refractivity contribution in [3.05, 3.63) is 0 Å². The van der Waals surface area contributed by atoms with Crippen molar-refractivity contribution in [2.45, 2.75) is 31.9 Å². The Bertz CT molecular complexity index is 254. The number of carbonyl (C=O) groups excluding carboxylic acids is 1. The van der Waals surface area contributed by atoms with Gasteiger partial charge in [-0.25, -0.2) is 0 Å². The highest BCUT2D eigenvalue weighted by molar-refractivity contribution is 5.85. The molecule has 2 N–H and O–H groups in total. The van der Waals surface area contributed by atoms with Gasteiger partial charge in [0.1, 0.15) is 0 Å². The van der Waals surface area contributed by atoms with Crippen LogP contribution in [0.4, 0.5) is 0 Å². The van der Waals surface area contributed by atoms with Gasteiger partial charge in [0, 0.05) is 19.2 Å². The molecule has 2 aliphatic rings. The summed E-state index contributed by atoms with van der Waals surface area (Å²) in [7, 11) is 0. The van der Waals surface area contributed by atoms with Gasteiger partial charge in [-0.1, -0.05) is 0 Å². The van der Waals surface area contributed by atoms with Crippen molar-refractivity contribution in [3.8, 4) is 0 Å². The summed E-state index contributed by atoms with van der Waals surface area (Å²) in [6.07, 6.45) is 2.12. The van der Waals surface area contributed by atoms with Crippen LogP contribution in [0.3, 0.4) is 0 Å². The summed E-state index contributed by atoms with van der Waals surface area (Å²) in [6.45, 7) is 5.78. The molecule has 0 spiro atoms. The second kappa shape index (κ2) is 7.94. The summed E-state index contributed by atoms with van der Waals surface area (Å²) in [5.74, 6) is 0.279. The molecule has 1 amide bonds. The van der Waals surface area contributed by atoms with Gasteiger partial charge in [0.15, 0.2) is 0 Å². The van der Waals surface area contributed by atoms with E-state index in [1.54, 1.807) is 0 Å². The first-order valence-corrected chi connectivity index (χ1v) is 6.46. The van der Waals surface area contributed by atoms with Crippen LogP contribution in [0.25, 0.3) is 0 Å². The van der Waals surface area contributed by atoms with E-state index >= 15 is 0 Å². The van der Waals surface area contributed by atoms with Gasteiger partial charge in [0.25, 0.3) is 0 Å². The van der Waals surface area contributed by atoms with Crippen LogP contribution in [0.15, 0.2) is 0 Å². The lowest BCUT2D eigenvalue weighted by Gasteiger charge is -2.18. The van der Waals surface area contributed by atoms with Crippen molar-refractivity contribution in [2.75, 3.05) is 32.9 Å². The average molecular weight is 279 g/mol. The van der Waals surface area contributed by atoms with Gasteiger partial charge < -0.3 is 20.1 Å². The predicted molar refractivity (Wildman–Crippen MR) is 71.0 cm³/mol. The highest BCUT2D eigenvalue weighted by Gasteiger charge is 2.24. The Kier molecular flexibility index (Phi) is 6.92. The molecule has 0 saturated carbocycles. The van der Waals surface area contributed by atoms with E-state index in [1.807, 2.05) is 6.92 Å². The Morgan fingerprint density at radius 2 is 2.39 bits per heavy atom. The molecule has 0 aliphatic carbocycles. The van der Waals surface area contributed by atoms with Crippen molar-refractivity contribution >= 4 is 18.3 Å². The molecule has 18 heavy (non-hydrogen) atoms. The van der Waals surface area contributed by atoms with Gasteiger partial charge in [0.05, 0.1) is 25.2 Å². The minimum atomic E-state index is 0. The molecule has 3 unspecified atom stereocenters. The van der Waals surface area contributed by atoms with Crippen molar-refractivity contribution in [1.82, 2.24) is 10.6 Å². The minimum Gasteiger partial charge on any atom is -0.379 e. The monoisotopic (exact) mass is 278 g/mol. The van der Waals surface area contributed by atoms with E-state index in [9.17, 15) is 4.79 Å². The third kappa shape index (κ3) is 4.72. The maximum atomic E-state index is 11.8. The highest BCUT2D eigenvalue weighted by atomic mass is 35.5. The lowest BCUT2D eigenvalue weighted by atomic mass is 10.1. The number of halogens is 1. The molecule has 2 heterocycles. The summed E-state index contributed by atoms with van der Waals surface area (Å²) in [5, 5.41) is 6.20. The first-order chi connectivity index (χ1) is 8.25. The fourth-order valence-electron chi connectivity index (χ4n) is 2.21. The van der Waals surface area contributed by atoms with Crippen LogP contribution in [0.2, 0.25) is 0 Å². The molecule has 2 aliphatic heterocycles. The third-order valence-electron chi connectivity index (χ3n) is 3.29. The lowest BCUT2D eigenvalue weighted by Crippen LogP contribution is -2.41. The number of amides is 1. The lowest BCUT2D eigenvalue weighted by molar-refractivity contribution is -0.125. The summed E-state index contributed by atoms with van der Waals surface area (Å²) in [4.78, 5) is 11.8. The maximum absolute atomic E-state index is 11.8. The first kappa shape index (κ1) is 15.7. The van der Waals surface area contributed by atoms with Crippen LogP contribution >= 0.6 is 12.4 Å². The van der Waals surface area contributed by atoms with E-state index in [-0.39, 0.29) is 36.4 Å². The molecule has 3 atom stereocenters. The zero-order chi connectivity index (χ0) is 12.1. The topological polar surface area (TPSA) is 59.6 Å². The molecule has 0 aromatic carbocycles. The van der Waals surface area contributed by atoms with Crippen molar-refractivity contribution in [2.24, 2.45) is 5.92 Å². The van der Waals surface area contributed by atoms with E-state index in [4.69, 9.17) is 9.47 Å². The van der Waals surface area contributed by atoms with E-state index in [0.29, 0.717) is 13.2 Å². The molecular formula is C12H23ClN2O3. The molecular weight excluding hydrogens is 256 g/mol. The summed E-state index contributed by atoms with van der Waals surface area (Å²) < 4.78 is 10.9. The molecule has 0 aromatic rings. The Labute approximate surface area is 114 Å². The first-order valence-electron chi connectivity index (χ1n) is 6.46. The van der Waals surface area contributed by atoms with Crippen molar-refractivity contribution in [1.29, 1.82) is 0 Å². The minimum absolute atomic E-state index is 0. The second-order valence-corrected chi connectivity index (χ2v) is 4.92. The molecule has 0 aromatic heterocycles. The van der Waals surface area contributed by atoms with Gasteiger partial charge in [0.2, 0.25) is 5.91 Å². The molecule has 106 valence electrons. The number of carbonyl (C=O) groups is 1. The molecule has 2 rings (SSSR count). The van der Waals surface area contributed by atoms with E-state index < -0.39 is 0 Å². The van der Waals surface area contributed by atoms with Crippen molar-refractivity contribution in [3.63, 3.8) is 0 Å². The zero-order valence-corrected chi connectivity index (χ0v) is 11.6. The average Bonchev–Trinajstić information content (AvgIpc) is 2.99. The standard InChI is InChI=1S/C12H22N2O3.ClH/c1-9(7-17-11-3-5-16-8-11)14-12(15)10-2-4-13-6-10;/h9-11,13H,2-8H2,1H3,(H,14,15);1H. The molecule has 5 nitrogen and oxygen atoms in total. The van der Waals surface area contributed by atoms with Gasteiger partial charge in [-0.05, 0) is 26.3 Å². The van der Waals surface area contributed by atoms with E-state index in [0.717, 1.165) is 32.5 Å². The van der Waals surface area contributed by atoms with Crippen LogP contribution in [0, 0.1) is 5.92 Å². The number of rotatable bonds is 5. The maximum Gasteiger partial charge on any atom is 0.224 e. The Balaban J connectivity index is 0.00000162. The van der Waals surface area contributed by atoms with Crippen LogP contribution < -0.4 is 10.6 Å². The number of nitrogens with one attached hydrogen (secondary N) is 2. The molecule has 2 saturated heterocycles. The van der Waals surface area contributed by atoms with Gasteiger partial charge >= 0.3 is 0 Å². The highest BCUT2D eigenvalue weighted by Crippen LogP contribution is 2.10. The molecule has 0 radical (unpaired) electrons. The quantitative estimate of drug-likeness (QED) is 0.761. The molecule has 2 fully saturated rings. The van der Waals surface area contributed by atoms with Crippen molar-refractivity contribution < 1.29 is 14.3 Å². The molecule has 6 heteroatoms. The van der Waals surface area contributed by atoms with Gasteiger partial charge in [-0.3, -0.25) is 4.79 Å². The third-order valence-corrected chi connectivity index (χ3v) is 3.29. The fraction of sp³-hybridized carbons (Fsp3) is 0.917. The Morgan fingerprint density at radius 3 is 3.00 bits per heavy atom. The second-order valence-electron chi connectivity index (χ2n) is 4.92. The normalized spacial score (nSPS) is 28.7. The predicted octanol–water partition coefficient (Wildman–Crippen LogP) is 0.328. The Hall–Kier alpha value is -0.360. The largest absolute Gasteiger partial charge is 0.379 e. The summed E-state index contributed by atoms with van der Waals surface area (Å²) in [6, 6.07) is 0.0729. The SMILES string of the molecule is CC(COC1CCOC1)NC(=O)C1CCNC1.Cl. The zero-order valence-electron chi connectivity index (χ0n) is 10.8. The smallest absolute Gasteiger partial charge is 0.224 e. The summed E-state index contributed by atoms with van der Waals surface area (Å²) in [5.41, 5.74) is 0. The van der Waals surface area contributed by atoms with Gasteiger partial charge in [-0.2, -0.15) is 0 Å². The summed E-state index contributed by atoms with van der Waals surface area (Å²) >= 11 is 0. The Morgan fingerprint density at radius 1 is 1.56 bits per heavy atom.